The topological polar surface area (TPSA) is 43.7 Å². The lowest BCUT2D eigenvalue weighted by atomic mass is 9.79. The van der Waals surface area contributed by atoms with Crippen LogP contribution in [0.15, 0.2) is 24.8 Å². The largest absolute Gasteiger partial charge is 0.504 e. The van der Waals surface area contributed by atoms with Gasteiger partial charge in [-0.05, 0) is 37.4 Å². The van der Waals surface area contributed by atoms with Crippen molar-refractivity contribution in [3.8, 4) is 11.5 Å². The number of rotatable bonds is 2. The van der Waals surface area contributed by atoms with Gasteiger partial charge in [-0.1, -0.05) is 12.1 Å². The molecular weight excluding hydrogens is 226 g/mol. The summed E-state index contributed by atoms with van der Waals surface area (Å²) in [6.07, 6.45) is 5.01. The zero-order valence-corrected chi connectivity index (χ0v) is 10.5. The van der Waals surface area contributed by atoms with Gasteiger partial charge in [0.05, 0.1) is 0 Å². The van der Waals surface area contributed by atoms with E-state index < -0.39 is 0 Å². The minimum atomic E-state index is 0.00754. The summed E-state index contributed by atoms with van der Waals surface area (Å²) in [7, 11) is 0. The lowest BCUT2D eigenvalue weighted by Gasteiger charge is -2.33. The van der Waals surface area contributed by atoms with Gasteiger partial charge in [0.25, 0.3) is 0 Å². The normalized spacial score (nSPS) is 26.7. The maximum absolute atomic E-state index is 9.95. The number of benzene rings is 1. The molecule has 18 heavy (non-hydrogen) atoms. The number of nitrogens with zero attached hydrogens (tertiary/aromatic N) is 1. The molecule has 3 heteroatoms. The summed E-state index contributed by atoms with van der Waals surface area (Å²) >= 11 is 0. The fourth-order valence-corrected chi connectivity index (χ4v) is 3.60. The predicted octanol–water partition coefficient (Wildman–Crippen LogP) is 2.39. The SMILES string of the molecule is C=CCN1CC[C@@H]2c3ccc(O)c(O)c3CC[C@@H]21. The molecule has 96 valence electrons. The van der Waals surface area contributed by atoms with Gasteiger partial charge in [-0.2, -0.15) is 0 Å². The van der Waals surface area contributed by atoms with Gasteiger partial charge in [0, 0.05) is 24.1 Å². The van der Waals surface area contributed by atoms with Gasteiger partial charge >= 0.3 is 0 Å². The van der Waals surface area contributed by atoms with Gasteiger partial charge in [-0.15, -0.1) is 6.58 Å². The number of likely N-dealkylation sites (tertiary alicyclic amines) is 1. The van der Waals surface area contributed by atoms with Gasteiger partial charge in [-0.3, -0.25) is 4.90 Å². The fraction of sp³-hybridized carbons (Fsp3) is 0.467. The number of hydrogen-bond donors (Lipinski definition) is 2. The van der Waals surface area contributed by atoms with Crippen LogP contribution in [0.5, 0.6) is 11.5 Å². The highest BCUT2D eigenvalue weighted by Gasteiger charge is 2.39. The Morgan fingerprint density at radius 3 is 2.94 bits per heavy atom. The van der Waals surface area contributed by atoms with E-state index >= 15 is 0 Å². The number of fused-ring (bicyclic) bond motifs is 3. The number of aromatic hydroxyl groups is 2. The minimum Gasteiger partial charge on any atom is -0.504 e. The van der Waals surface area contributed by atoms with Gasteiger partial charge in [-0.25, -0.2) is 0 Å². The van der Waals surface area contributed by atoms with Crippen molar-refractivity contribution in [2.24, 2.45) is 0 Å². The second kappa shape index (κ2) is 4.32. The van der Waals surface area contributed by atoms with Gasteiger partial charge in [0.2, 0.25) is 0 Å². The highest BCUT2D eigenvalue weighted by atomic mass is 16.3. The molecule has 1 aliphatic heterocycles. The summed E-state index contributed by atoms with van der Waals surface area (Å²) in [5, 5.41) is 19.5. The Kier molecular flexibility index (Phi) is 2.78. The summed E-state index contributed by atoms with van der Waals surface area (Å²) in [4.78, 5) is 2.48. The van der Waals surface area contributed by atoms with Crippen LogP contribution in [-0.2, 0) is 6.42 Å². The van der Waals surface area contributed by atoms with Crippen LogP contribution in [0.1, 0.15) is 29.9 Å². The highest BCUT2D eigenvalue weighted by molar-refractivity contribution is 5.52. The van der Waals surface area contributed by atoms with Crippen molar-refractivity contribution in [1.82, 2.24) is 4.90 Å². The number of phenols is 2. The van der Waals surface area contributed by atoms with Crippen LogP contribution in [0.25, 0.3) is 0 Å². The molecule has 3 rings (SSSR count). The van der Waals surface area contributed by atoms with Crippen molar-refractivity contribution in [1.29, 1.82) is 0 Å². The molecule has 1 aromatic rings. The standard InChI is InChI=1S/C15H19NO2/c1-2-8-16-9-7-11-10-4-6-14(17)15(18)12(10)3-5-13(11)16/h2,4,6,11,13,17-18H,1,3,5,7-9H2/t11-,13+/m1/s1. The second-order valence-electron chi connectivity index (χ2n) is 5.29. The lowest BCUT2D eigenvalue weighted by Crippen LogP contribution is -2.35. The van der Waals surface area contributed by atoms with E-state index in [1.165, 1.54) is 5.56 Å². The smallest absolute Gasteiger partial charge is 0.160 e. The van der Waals surface area contributed by atoms with Gasteiger partial charge < -0.3 is 10.2 Å². The summed E-state index contributed by atoms with van der Waals surface area (Å²) in [6, 6.07) is 4.17. The molecule has 3 nitrogen and oxygen atoms in total. The molecule has 1 fully saturated rings. The number of phenolic OH excluding ortho intramolecular Hbond substituents is 2. The van der Waals surface area contributed by atoms with Gasteiger partial charge in [0.1, 0.15) is 0 Å². The van der Waals surface area contributed by atoms with Gasteiger partial charge in [0.15, 0.2) is 11.5 Å². The molecule has 2 atom stereocenters. The lowest BCUT2D eigenvalue weighted by molar-refractivity contribution is 0.248. The molecule has 1 aromatic carbocycles. The van der Waals surface area contributed by atoms with Crippen molar-refractivity contribution in [2.75, 3.05) is 13.1 Å². The Labute approximate surface area is 107 Å². The van der Waals surface area contributed by atoms with E-state index in [1.807, 2.05) is 12.1 Å². The molecule has 1 aliphatic carbocycles. The predicted molar refractivity (Wildman–Crippen MR) is 71.0 cm³/mol. The molecular formula is C15H19NO2. The molecule has 1 heterocycles. The molecule has 0 amide bonds. The first-order chi connectivity index (χ1) is 8.72. The average molecular weight is 245 g/mol. The van der Waals surface area contributed by atoms with E-state index in [2.05, 4.69) is 11.5 Å². The van der Waals surface area contributed by atoms with Crippen LogP contribution in [0, 0.1) is 0 Å². The second-order valence-corrected chi connectivity index (χ2v) is 5.29. The van der Waals surface area contributed by atoms with Crippen LogP contribution in [0.2, 0.25) is 0 Å². The molecule has 0 unspecified atom stereocenters. The Morgan fingerprint density at radius 2 is 2.17 bits per heavy atom. The third kappa shape index (κ3) is 1.62. The molecule has 2 N–H and O–H groups in total. The highest BCUT2D eigenvalue weighted by Crippen LogP contribution is 2.46. The summed E-state index contributed by atoms with van der Waals surface area (Å²) in [6.45, 7) is 5.86. The molecule has 0 aromatic heterocycles. The first-order valence-electron chi connectivity index (χ1n) is 6.61. The molecule has 0 radical (unpaired) electrons. The Morgan fingerprint density at radius 1 is 1.33 bits per heavy atom. The van der Waals surface area contributed by atoms with Crippen molar-refractivity contribution >= 4 is 0 Å². The van der Waals surface area contributed by atoms with Crippen LogP contribution >= 0.6 is 0 Å². The Balaban J connectivity index is 1.96. The van der Waals surface area contributed by atoms with Crippen LogP contribution < -0.4 is 0 Å². The zero-order chi connectivity index (χ0) is 12.7. The Bertz CT molecular complexity index is 484. The van der Waals surface area contributed by atoms with E-state index in [1.54, 1.807) is 6.07 Å². The third-order valence-electron chi connectivity index (χ3n) is 4.41. The monoisotopic (exact) mass is 245 g/mol. The first kappa shape index (κ1) is 11.6. The average Bonchev–Trinajstić information content (AvgIpc) is 2.78. The molecule has 0 saturated carbocycles. The summed E-state index contributed by atoms with van der Waals surface area (Å²) < 4.78 is 0. The maximum atomic E-state index is 9.95. The first-order valence-corrected chi connectivity index (χ1v) is 6.61. The number of hydrogen-bond acceptors (Lipinski definition) is 3. The van der Waals surface area contributed by atoms with E-state index in [-0.39, 0.29) is 11.5 Å². The van der Waals surface area contributed by atoms with Crippen molar-refractivity contribution in [3.05, 3.63) is 35.9 Å². The minimum absolute atomic E-state index is 0.00754. The summed E-state index contributed by atoms with van der Waals surface area (Å²) in [5.74, 6) is 0.599. The van der Waals surface area contributed by atoms with Crippen LogP contribution in [0.4, 0.5) is 0 Å². The van der Waals surface area contributed by atoms with E-state index in [4.69, 9.17) is 0 Å². The third-order valence-corrected chi connectivity index (χ3v) is 4.41. The summed E-state index contributed by atoms with van der Waals surface area (Å²) in [5.41, 5.74) is 2.19. The molecule has 2 aliphatic rings. The van der Waals surface area contributed by atoms with Crippen molar-refractivity contribution in [3.63, 3.8) is 0 Å². The van der Waals surface area contributed by atoms with Crippen LogP contribution in [0.3, 0.4) is 0 Å². The maximum Gasteiger partial charge on any atom is 0.160 e. The Hall–Kier alpha value is -1.48. The van der Waals surface area contributed by atoms with Crippen molar-refractivity contribution < 1.29 is 10.2 Å². The fourth-order valence-electron chi connectivity index (χ4n) is 3.60. The van der Waals surface area contributed by atoms with E-state index in [0.29, 0.717) is 12.0 Å². The van der Waals surface area contributed by atoms with E-state index in [0.717, 1.165) is 37.9 Å². The van der Waals surface area contributed by atoms with E-state index in [9.17, 15) is 10.2 Å². The molecule has 0 bridgehead atoms. The zero-order valence-electron chi connectivity index (χ0n) is 10.5. The quantitative estimate of drug-likeness (QED) is 0.621. The van der Waals surface area contributed by atoms with Crippen LogP contribution in [-0.4, -0.2) is 34.2 Å². The molecule has 1 saturated heterocycles. The molecule has 0 spiro atoms. The van der Waals surface area contributed by atoms with Crippen molar-refractivity contribution in [2.45, 2.75) is 31.2 Å².